The van der Waals surface area contributed by atoms with Gasteiger partial charge in [-0.05, 0) is 44.6 Å². The van der Waals surface area contributed by atoms with Crippen molar-refractivity contribution in [3.63, 3.8) is 0 Å². The highest BCUT2D eigenvalue weighted by atomic mass is 16.3. The van der Waals surface area contributed by atoms with E-state index in [-0.39, 0.29) is 11.8 Å². The van der Waals surface area contributed by atoms with Crippen LogP contribution in [0.5, 0.6) is 0 Å². The summed E-state index contributed by atoms with van der Waals surface area (Å²) in [6.45, 7) is 3.16. The SMILES string of the molecule is CCCC(O)CNC(=O)C1CCC(CN)CC1. The number of hydrogen-bond acceptors (Lipinski definition) is 3. The highest BCUT2D eigenvalue weighted by Gasteiger charge is 2.25. The molecule has 4 N–H and O–H groups in total. The monoisotopic (exact) mass is 242 g/mol. The van der Waals surface area contributed by atoms with Crippen molar-refractivity contribution in [2.24, 2.45) is 17.6 Å². The van der Waals surface area contributed by atoms with Crippen molar-refractivity contribution < 1.29 is 9.90 Å². The Bertz CT molecular complexity index is 225. The molecule has 1 aliphatic rings. The molecular formula is C13H26N2O2. The van der Waals surface area contributed by atoms with Crippen LogP contribution in [-0.4, -0.2) is 30.2 Å². The van der Waals surface area contributed by atoms with Crippen LogP contribution in [0.15, 0.2) is 0 Å². The summed E-state index contributed by atoms with van der Waals surface area (Å²) in [4.78, 5) is 11.8. The van der Waals surface area contributed by atoms with Crippen LogP contribution < -0.4 is 11.1 Å². The summed E-state index contributed by atoms with van der Waals surface area (Å²) in [5, 5.41) is 12.4. The van der Waals surface area contributed by atoms with Crippen molar-refractivity contribution in [1.29, 1.82) is 0 Å². The minimum absolute atomic E-state index is 0.107. The molecule has 0 radical (unpaired) electrons. The number of carbonyl (C=O) groups excluding carboxylic acids is 1. The Morgan fingerprint density at radius 2 is 2.06 bits per heavy atom. The average Bonchev–Trinajstić information content (AvgIpc) is 2.36. The van der Waals surface area contributed by atoms with Gasteiger partial charge in [0.2, 0.25) is 5.91 Å². The third kappa shape index (κ3) is 5.04. The number of aliphatic hydroxyl groups is 1. The fraction of sp³-hybridized carbons (Fsp3) is 0.923. The first-order valence-electron chi connectivity index (χ1n) is 6.83. The van der Waals surface area contributed by atoms with E-state index in [1.165, 1.54) is 0 Å². The van der Waals surface area contributed by atoms with Crippen molar-refractivity contribution >= 4 is 5.91 Å². The van der Waals surface area contributed by atoms with Crippen LogP contribution in [0.3, 0.4) is 0 Å². The predicted octanol–water partition coefficient (Wildman–Crippen LogP) is 1.03. The van der Waals surface area contributed by atoms with E-state index < -0.39 is 6.10 Å². The van der Waals surface area contributed by atoms with Crippen LogP contribution in [0.1, 0.15) is 45.4 Å². The zero-order valence-electron chi connectivity index (χ0n) is 10.8. The van der Waals surface area contributed by atoms with Gasteiger partial charge in [-0.2, -0.15) is 0 Å². The molecule has 1 unspecified atom stereocenters. The molecule has 17 heavy (non-hydrogen) atoms. The second-order valence-corrected chi connectivity index (χ2v) is 5.14. The number of aliphatic hydroxyl groups excluding tert-OH is 1. The highest BCUT2D eigenvalue weighted by Crippen LogP contribution is 2.28. The van der Waals surface area contributed by atoms with Gasteiger partial charge in [0.1, 0.15) is 0 Å². The zero-order chi connectivity index (χ0) is 12.7. The van der Waals surface area contributed by atoms with E-state index in [1.54, 1.807) is 0 Å². The molecule has 1 atom stereocenters. The van der Waals surface area contributed by atoms with E-state index in [2.05, 4.69) is 5.32 Å². The maximum Gasteiger partial charge on any atom is 0.223 e. The molecule has 0 saturated heterocycles. The molecule has 1 rings (SSSR count). The molecule has 0 spiro atoms. The van der Waals surface area contributed by atoms with Gasteiger partial charge in [0, 0.05) is 12.5 Å². The molecular weight excluding hydrogens is 216 g/mol. The maximum atomic E-state index is 11.8. The Hall–Kier alpha value is -0.610. The number of rotatable bonds is 6. The first-order chi connectivity index (χ1) is 8.17. The molecule has 100 valence electrons. The topological polar surface area (TPSA) is 75.3 Å². The molecule has 0 aliphatic heterocycles. The zero-order valence-corrected chi connectivity index (χ0v) is 10.8. The molecule has 1 saturated carbocycles. The summed E-state index contributed by atoms with van der Waals surface area (Å²) >= 11 is 0. The van der Waals surface area contributed by atoms with E-state index >= 15 is 0 Å². The number of amides is 1. The van der Waals surface area contributed by atoms with Crippen molar-refractivity contribution in [3.05, 3.63) is 0 Å². The van der Waals surface area contributed by atoms with Crippen LogP contribution in [0, 0.1) is 11.8 Å². The molecule has 0 aromatic rings. The Labute approximate surface area is 104 Å². The van der Waals surface area contributed by atoms with Crippen molar-refractivity contribution in [1.82, 2.24) is 5.32 Å². The average molecular weight is 242 g/mol. The Balaban J connectivity index is 2.20. The lowest BCUT2D eigenvalue weighted by Gasteiger charge is -2.27. The van der Waals surface area contributed by atoms with Gasteiger partial charge in [-0.15, -0.1) is 0 Å². The smallest absolute Gasteiger partial charge is 0.223 e. The summed E-state index contributed by atoms with van der Waals surface area (Å²) in [7, 11) is 0. The van der Waals surface area contributed by atoms with E-state index in [0.29, 0.717) is 12.5 Å². The normalized spacial score (nSPS) is 26.5. The van der Waals surface area contributed by atoms with Crippen molar-refractivity contribution in [2.45, 2.75) is 51.6 Å². The number of nitrogens with two attached hydrogens (primary N) is 1. The van der Waals surface area contributed by atoms with E-state index in [0.717, 1.165) is 45.1 Å². The van der Waals surface area contributed by atoms with Crippen LogP contribution in [0.25, 0.3) is 0 Å². The van der Waals surface area contributed by atoms with Crippen LogP contribution in [-0.2, 0) is 4.79 Å². The van der Waals surface area contributed by atoms with Gasteiger partial charge in [0.05, 0.1) is 6.10 Å². The molecule has 0 aromatic carbocycles. The summed E-state index contributed by atoms with van der Waals surface area (Å²) in [5.74, 6) is 0.840. The molecule has 4 heteroatoms. The van der Waals surface area contributed by atoms with Gasteiger partial charge in [-0.1, -0.05) is 13.3 Å². The van der Waals surface area contributed by atoms with Crippen molar-refractivity contribution in [2.75, 3.05) is 13.1 Å². The predicted molar refractivity (Wildman–Crippen MR) is 68.4 cm³/mol. The third-order valence-corrected chi connectivity index (χ3v) is 3.68. The Morgan fingerprint density at radius 1 is 1.41 bits per heavy atom. The molecule has 1 amide bonds. The molecule has 1 aliphatic carbocycles. The van der Waals surface area contributed by atoms with Gasteiger partial charge in [-0.25, -0.2) is 0 Å². The highest BCUT2D eigenvalue weighted by molar-refractivity contribution is 5.78. The first kappa shape index (κ1) is 14.5. The van der Waals surface area contributed by atoms with E-state index in [4.69, 9.17) is 5.73 Å². The van der Waals surface area contributed by atoms with Gasteiger partial charge in [-0.3, -0.25) is 4.79 Å². The first-order valence-corrected chi connectivity index (χ1v) is 6.83. The number of nitrogens with one attached hydrogen (secondary N) is 1. The quantitative estimate of drug-likeness (QED) is 0.651. The van der Waals surface area contributed by atoms with Gasteiger partial charge >= 0.3 is 0 Å². The van der Waals surface area contributed by atoms with Crippen LogP contribution in [0.4, 0.5) is 0 Å². The van der Waals surface area contributed by atoms with Gasteiger partial charge in [0.25, 0.3) is 0 Å². The molecule has 4 nitrogen and oxygen atoms in total. The second-order valence-electron chi connectivity index (χ2n) is 5.14. The Kier molecular flexibility index (Phi) is 6.52. The lowest BCUT2D eigenvalue weighted by atomic mass is 9.81. The largest absolute Gasteiger partial charge is 0.391 e. The lowest BCUT2D eigenvalue weighted by Crippen LogP contribution is -2.38. The summed E-state index contributed by atoms with van der Waals surface area (Å²) < 4.78 is 0. The van der Waals surface area contributed by atoms with Gasteiger partial charge in [0.15, 0.2) is 0 Å². The summed E-state index contributed by atoms with van der Waals surface area (Å²) in [6.07, 6.45) is 5.30. The standard InChI is InChI=1S/C13H26N2O2/c1-2-3-12(16)9-15-13(17)11-6-4-10(8-14)5-7-11/h10-12,16H,2-9,14H2,1H3,(H,15,17). The van der Waals surface area contributed by atoms with Crippen LogP contribution in [0.2, 0.25) is 0 Å². The van der Waals surface area contributed by atoms with Crippen LogP contribution >= 0.6 is 0 Å². The van der Waals surface area contributed by atoms with E-state index in [1.807, 2.05) is 6.92 Å². The molecule has 0 heterocycles. The summed E-state index contributed by atoms with van der Waals surface area (Å²) in [6, 6.07) is 0. The number of carbonyl (C=O) groups is 1. The fourth-order valence-electron chi connectivity index (χ4n) is 2.46. The Morgan fingerprint density at radius 3 is 2.59 bits per heavy atom. The number of hydrogen-bond donors (Lipinski definition) is 3. The third-order valence-electron chi connectivity index (χ3n) is 3.68. The minimum Gasteiger partial charge on any atom is -0.391 e. The lowest BCUT2D eigenvalue weighted by molar-refractivity contribution is -0.126. The van der Waals surface area contributed by atoms with Gasteiger partial charge < -0.3 is 16.2 Å². The fourth-order valence-corrected chi connectivity index (χ4v) is 2.46. The maximum absolute atomic E-state index is 11.8. The molecule has 0 bridgehead atoms. The van der Waals surface area contributed by atoms with E-state index in [9.17, 15) is 9.90 Å². The second kappa shape index (κ2) is 7.67. The van der Waals surface area contributed by atoms with Crippen molar-refractivity contribution in [3.8, 4) is 0 Å². The summed E-state index contributed by atoms with van der Waals surface area (Å²) in [5.41, 5.74) is 5.62. The minimum atomic E-state index is -0.399. The molecule has 1 fully saturated rings. The molecule has 0 aromatic heterocycles.